The van der Waals surface area contributed by atoms with Crippen LogP contribution in [0.2, 0.25) is 0 Å². The van der Waals surface area contributed by atoms with Crippen LogP contribution < -0.4 is 22.1 Å². The van der Waals surface area contributed by atoms with Crippen molar-refractivity contribution in [2.24, 2.45) is 23.3 Å². The summed E-state index contributed by atoms with van der Waals surface area (Å²) in [7, 11) is 0. The van der Waals surface area contributed by atoms with Crippen LogP contribution in [0.25, 0.3) is 0 Å². The largest absolute Gasteiger partial charge is 0.350 e. The molecule has 6 heteroatoms. The fourth-order valence-corrected chi connectivity index (χ4v) is 2.64. The van der Waals surface area contributed by atoms with Crippen molar-refractivity contribution in [3.63, 3.8) is 0 Å². The van der Waals surface area contributed by atoms with Crippen LogP contribution in [0.5, 0.6) is 0 Å². The second-order valence-electron chi connectivity index (χ2n) is 7.05. The van der Waals surface area contributed by atoms with E-state index in [0.29, 0.717) is 0 Å². The first-order valence-corrected chi connectivity index (χ1v) is 8.36. The third-order valence-electron chi connectivity index (χ3n) is 4.46. The molecule has 0 bridgehead atoms. The van der Waals surface area contributed by atoms with E-state index in [9.17, 15) is 9.59 Å². The summed E-state index contributed by atoms with van der Waals surface area (Å²) in [6.07, 6.45) is 3.81. The van der Waals surface area contributed by atoms with E-state index in [4.69, 9.17) is 11.5 Å². The Morgan fingerprint density at radius 3 is 1.41 bits per heavy atom. The van der Waals surface area contributed by atoms with Crippen molar-refractivity contribution in [2.45, 2.75) is 77.5 Å². The van der Waals surface area contributed by atoms with Gasteiger partial charge in [-0.3, -0.25) is 9.59 Å². The zero-order valence-corrected chi connectivity index (χ0v) is 14.3. The first-order chi connectivity index (χ1) is 10.2. The van der Waals surface area contributed by atoms with Gasteiger partial charge in [0, 0.05) is 12.1 Å². The van der Waals surface area contributed by atoms with Gasteiger partial charge in [0.2, 0.25) is 11.8 Å². The molecule has 22 heavy (non-hydrogen) atoms. The maximum Gasteiger partial charge on any atom is 0.237 e. The van der Waals surface area contributed by atoms with Crippen LogP contribution in [0.4, 0.5) is 0 Å². The molecule has 1 saturated carbocycles. The number of rotatable bonds is 6. The Labute approximate surface area is 133 Å². The van der Waals surface area contributed by atoms with E-state index < -0.39 is 12.1 Å². The highest BCUT2D eigenvalue weighted by Gasteiger charge is 2.31. The van der Waals surface area contributed by atoms with Crippen molar-refractivity contribution < 1.29 is 9.59 Å². The third kappa shape index (κ3) is 5.25. The Balaban J connectivity index is 2.64. The molecule has 6 nitrogen and oxygen atoms in total. The lowest BCUT2D eigenvalue weighted by atomic mass is 9.89. The molecular weight excluding hydrogens is 280 g/mol. The van der Waals surface area contributed by atoms with Crippen molar-refractivity contribution >= 4 is 11.8 Å². The van der Waals surface area contributed by atoms with Gasteiger partial charge >= 0.3 is 0 Å². The maximum absolute atomic E-state index is 12.2. The molecule has 6 N–H and O–H groups in total. The SMILES string of the molecule is CC(C)[C@H](N)C(=O)N[C@@H]1CCCC[C@H]1NC(=O)[C@@H](N)C(C)C. The number of hydrogen-bond donors (Lipinski definition) is 4. The average molecular weight is 312 g/mol. The highest BCUT2D eigenvalue weighted by Crippen LogP contribution is 2.19. The minimum atomic E-state index is -0.517. The Hall–Kier alpha value is -1.14. The second-order valence-corrected chi connectivity index (χ2v) is 7.05. The Morgan fingerprint density at radius 1 is 0.818 bits per heavy atom. The van der Waals surface area contributed by atoms with Crippen molar-refractivity contribution in [2.75, 3.05) is 0 Å². The first kappa shape index (κ1) is 18.9. The molecule has 1 aliphatic carbocycles. The predicted octanol–water partition coefficient (Wildman–Crippen LogP) is 0.497. The molecule has 0 radical (unpaired) electrons. The Kier molecular flexibility index (Phi) is 7.29. The molecule has 128 valence electrons. The number of carbonyl (C=O) groups excluding carboxylic acids is 2. The van der Waals surface area contributed by atoms with Gasteiger partial charge in [-0.2, -0.15) is 0 Å². The van der Waals surface area contributed by atoms with E-state index in [1.807, 2.05) is 27.7 Å². The van der Waals surface area contributed by atoms with Crippen LogP contribution in [0.15, 0.2) is 0 Å². The molecule has 0 aliphatic heterocycles. The molecule has 2 amide bonds. The normalized spacial score (nSPS) is 24.9. The van der Waals surface area contributed by atoms with Gasteiger partial charge in [0.05, 0.1) is 12.1 Å². The molecule has 1 fully saturated rings. The number of nitrogens with one attached hydrogen (secondary N) is 2. The maximum atomic E-state index is 12.2. The Bertz CT molecular complexity index is 348. The van der Waals surface area contributed by atoms with Crippen molar-refractivity contribution in [1.29, 1.82) is 0 Å². The highest BCUT2D eigenvalue weighted by molar-refractivity contribution is 5.83. The minimum Gasteiger partial charge on any atom is -0.350 e. The van der Waals surface area contributed by atoms with Crippen LogP contribution in [-0.4, -0.2) is 36.0 Å². The first-order valence-electron chi connectivity index (χ1n) is 8.36. The summed E-state index contributed by atoms with van der Waals surface area (Å²) >= 11 is 0. The average Bonchev–Trinajstić information content (AvgIpc) is 2.47. The summed E-state index contributed by atoms with van der Waals surface area (Å²) in [5.41, 5.74) is 11.8. The van der Waals surface area contributed by atoms with Crippen LogP contribution in [-0.2, 0) is 9.59 Å². The standard InChI is InChI=1S/C16H32N4O2/c1-9(2)13(17)15(21)19-11-7-5-6-8-12(11)20-16(22)14(18)10(3)4/h9-14H,5-8,17-18H2,1-4H3,(H,19,21)(H,20,22)/t11-,12-,13+,14+/m1/s1. The van der Waals surface area contributed by atoms with Gasteiger partial charge in [0.25, 0.3) is 0 Å². The van der Waals surface area contributed by atoms with Gasteiger partial charge in [0.1, 0.15) is 0 Å². The molecule has 0 heterocycles. The number of carbonyl (C=O) groups is 2. The van der Waals surface area contributed by atoms with Gasteiger partial charge < -0.3 is 22.1 Å². The van der Waals surface area contributed by atoms with E-state index >= 15 is 0 Å². The van der Waals surface area contributed by atoms with Gasteiger partial charge in [-0.15, -0.1) is 0 Å². The summed E-state index contributed by atoms with van der Waals surface area (Å²) in [5, 5.41) is 6.01. The molecular formula is C16H32N4O2. The summed E-state index contributed by atoms with van der Waals surface area (Å²) < 4.78 is 0. The fourth-order valence-electron chi connectivity index (χ4n) is 2.64. The zero-order chi connectivity index (χ0) is 16.9. The monoisotopic (exact) mass is 312 g/mol. The van der Waals surface area contributed by atoms with E-state index in [-0.39, 0.29) is 35.7 Å². The van der Waals surface area contributed by atoms with Crippen molar-refractivity contribution in [3.8, 4) is 0 Å². The van der Waals surface area contributed by atoms with Crippen LogP contribution >= 0.6 is 0 Å². The lowest BCUT2D eigenvalue weighted by molar-refractivity contribution is -0.127. The summed E-state index contributed by atoms with van der Waals surface area (Å²) in [6, 6.07) is -1.16. The fraction of sp³-hybridized carbons (Fsp3) is 0.875. The van der Waals surface area contributed by atoms with Crippen molar-refractivity contribution in [3.05, 3.63) is 0 Å². The van der Waals surface area contributed by atoms with Crippen LogP contribution in [0, 0.1) is 11.8 Å². The summed E-state index contributed by atoms with van der Waals surface area (Å²) in [4.78, 5) is 24.3. The van der Waals surface area contributed by atoms with E-state index in [2.05, 4.69) is 10.6 Å². The molecule has 1 rings (SSSR count). The van der Waals surface area contributed by atoms with E-state index in [1.54, 1.807) is 0 Å². The molecule has 0 spiro atoms. The molecule has 0 unspecified atom stereocenters. The molecule has 0 aromatic carbocycles. The zero-order valence-electron chi connectivity index (χ0n) is 14.3. The quantitative estimate of drug-likeness (QED) is 0.572. The topological polar surface area (TPSA) is 110 Å². The number of amides is 2. The lowest BCUT2D eigenvalue weighted by Gasteiger charge is -2.34. The van der Waals surface area contributed by atoms with Crippen LogP contribution in [0.1, 0.15) is 53.4 Å². The highest BCUT2D eigenvalue weighted by atomic mass is 16.2. The van der Waals surface area contributed by atoms with Crippen molar-refractivity contribution in [1.82, 2.24) is 10.6 Å². The van der Waals surface area contributed by atoms with Gasteiger partial charge in [-0.1, -0.05) is 40.5 Å². The summed E-state index contributed by atoms with van der Waals surface area (Å²) in [6.45, 7) is 7.69. The third-order valence-corrected chi connectivity index (χ3v) is 4.46. The molecule has 1 aliphatic rings. The number of hydrogen-bond acceptors (Lipinski definition) is 4. The smallest absolute Gasteiger partial charge is 0.237 e. The summed E-state index contributed by atoms with van der Waals surface area (Å²) in [5.74, 6) is -0.111. The van der Waals surface area contributed by atoms with E-state index in [1.165, 1.54) is 0 Å². The molecule has 0 saturated heterocycles. The van der Waals surface area contributed by atoms with Gasteiger partial charge in [0.15, 0.2) is 0 Å². The predicted molar refractivity (Wildman–Crippen MR) is 88.0 cm³/mol. The second kappa shape index (κ2) is 8.48. The number of nitrogens with two attached hydrogens (primary N) is 2. The molecule has 0 aromatic heterocycles. The molecule has 0 aromatic rings. The van der Waals surface area contributed by atoms with Crippen LogP contribution in [0.3, 0.4) is 0 Å². The van der Waals surface area contributed by atoms with E-state index in [0.717, 1.165) is 25.7 Å². The molecule has 4 atom stereocenters. The minimum absolute atomic E-state index is 0.0608. The van der Waals surface area contributed by atoms with Gasteiger partial charge in [-0.05, 0) is 24.7 Å². The Morgan fingerprint density at radius 2 is 1.14 bits per heavy atom. The lowest BCUT2D eigenvalue weighted by Crippen LogP contribution is -2.59. The van der Waals surface area contributed by atoms with Gasteiger partial charge in [-0.25, -0.2) is 0 Å².